The highest BCUT2D eigenvalue weighted by atomic mass is 16.5. The molecule has 102 valence electrons. The smallest absolute Gasteiger partial charge is 0.161 e. The molecule has 0 amide bonds. The van der Waals surface area contributed by atoms with Gasteiger partial charge in [-0.25, -0.2) is 0 Å². The summed E-state index contributed by atoms with van der Waals surface area (Å²) in [6.45, 7) is 3.91. The molecule has 1 aliphatic heterocycles. The zero-order valence-electron chi connectivity index (χ0n) is 11.8. The van der Waals surface area contributed by atoms with Crippen LogP contribution >= 0.6 is 0 Å². The number of hydrogen-bond donors (Lipinski definition) is 0. The molecule has 0 N–H and O–H groups in total. The Hall–Kier alpha value is -1.73. The van der Waals surface area contributed by atoms with Crippen molar-refractivity contribution < 1.29 is 9.47 Å². The number of benzene rings is 1. The van der Waals surface area contributed by atoms with Crippen molar-refractivity contribution in [3.05, 3.63) is 23.8 Å². The summed E-state index contributed by atoms with van der Waals surface area (Å²) >= 11 is 0. The summed E-state index contributed by atoms with van der Waals surface area (Å²) in [5.41, 5.74) is 0.352. The molecule has 1 aliphatic rings. The molecule has 0 bridgehead atoms. The first kappa shape index (κ1) is 13.7. The van der Waals surface area contributed by atoms with Gasteiger partial charge in [0, 0.05) is 0 Å². The van der Waals surface area contributed by atoms with Crippen molar-refractivity contribution >= 4 is 0 Å². The lowest BCUT2D eigenvalue weighted by Crippen LogP contribution is -2.40. The monoisotopic (exact) mass is 260 g/mol. The predicted octanol–water partition coefficient (Wildman–Crippen LogP) is 2.54. The first-order valence-corrected chi connectivity index (χ1v) is 6.54. The van der Waals surface area contributed by atoms with E-state index in [1.165, 1.54) is 0 Å². The van der Waals surface area contributed by atoms with Crippen LogP contribution in [0.25, 0.3) is 0 Å². The lowest BCUT2D eigenvalue weighted by Gasteiger charge is -2.33. The second kappa shape index (κ2) is 5.50. The van der Waals surface area contributed by atoms with Gasteiger partial charge in [-0.05, 0) is 50.6 Å². The average molecular weight is 260 g/mol. The number of hydrogen-bond acceptors (Lipinski definition) is 4. The molecule has 1 heterocycles. The Balaban J connectivity index is 2.41. The third-order valence-electron chi connectivity index (χ3n) is 3.90. The third kappa shape index (κ3) is 2.39. The fourth-order valence-corrected chi connectivity index (χ4v) is 2.62. The Labute approximate surface area is 114 Å². The summed E-state index contributed by atoms with van der Waals surface area (Å²) in [5.74, 6) is 1.36. The Morgan fingerprint density at radius 1 is 1.16 bits per heavy atom. The second-order valence-corrected chi connectivity index (χ2v) is 4.95. The van der Waals surface area contributed by atoms with E-state index in [0.717, 1.165) is 31.5 Å². The molecule has 0 spiro atoms. The van der Waals surface area contributed by atoms with Crippen LogP contribution in [0.1, 0.15) is 25.3 Å². The Morgan fingerprint density at radius 3 is 2.32 bits per heavy atom. The maximum absolute atomic E-state index is 9.63. The molecule has 2 rings (SSSR count). The molecule has 0 saturated carbocycles. The minimum absolute atomic E-state index is 0.601. The van der Waals surface area contributed by atoms with Gasteiger partial charge in [0.2, 0.25) is 0 Å². The van der Waals surface area contributed by atoms with Crippen LogP contribution in [-0.4, -0.2) is 32.2 Å². The number of rotatable bonds is 4. The summed E-state index contributed by atoms with van der Waals surface area (Å²) in [5, 5.41) is 9.63. The molecule has 0 radical (unpaired) electrons. The van der Waals surface area contributed by atoms with Crippen molar-refractivity contribution in [3.63, 3.8) is 0 Å². The molecule has 1 saturated heterocycles. The van der Waals surface area contributed by atoms with Gasteiger partial charge in [-0.2, -0.15) is 5.26 Å². The summed E-state index contributed by atoms with van der Waals surface area (Å²) < 4.78 is 10.6. The van der Waals surface area contributed by atoms with Gasteiger partial charge in [0.25, 0.3) is 0 Å². The lowest BCUT2D eigenvalue weighted by atomic mass is 9.91. The quantitative estimate of drug-likeness (QED) is 0.834. The fourth-order valence-electron chi connectivity index (χ4n) is 2.62. The van der Waals surface area contributed by atoms with Crippen LogP contribution in [0.2, 0.25) is 0 Å². The van der Waals surface area contributed by atoms with Gasteiger partial charge in [-0.3, -0.25) is 4.90 Å². The number of nitriles is 1. The highest BCUT2D eigenvalue weighted by Crippen LogP contribution is 2.36. The van der Waals surface area contributed by atoms with E-state index in [2.05, 4.69) is 11.0 Å². The fraction of sp³-hybridized carbons (Fsp3) is 0.533. The molecule has 1 aromatic rings. The van der Waals surface area contributed by atoms with Crippen molar-refractivity contribution in [1.82, 2.24) is 4.90 Å². The summed E-state index contributed by atoms with van der Waals surface area (Å²) in [4.78, 5) is 2.23. The van der Waals surface area contributed by atoms with E-state index in [1.54, 1.807) is 14.2 Å². The predicted molar refractivity (Wildman–Crippen MR) is 73.3 cm³/mol. The van der Waals surface area contributed by atoms with E-state index >= 15 is 0 Å². The van der Waals surface area contributed by atoms with E-state index < -0.39 is 5.54 Å². The molecular weight excluding hydrogens is 240 g/mol. The standard InChI is InChI=1S/C15H20N2O2/c1-15(11-16,17-8-4-5-9-17)12-6-7-13(18-2)14(10-12)19-3/h6-7,10H,4-5,8-9H2,1-3H3. The van der Waals surface area contributed by atoms with E-state index in [9.17, 15) is 5.26 Å². The first-order valence-electron chi connectivity index (χ1n) is 6.54. The molecule has 1 atom stereocenters. The molecule has 19 heavy (non-hydrogen) atoms. The van der Waals surface area contributed by atoms with Crippen LogP contribution in [0.5, 0.6) is 11.5 Å². The van der Waals surface area contributed by atoms with Crippen molar-refractivity contribution in [1.29, 1.82) is 5.26 Å². The van der Waals surface area contributed by atoms with E-state index in [-0.39, 0.29) is 0 Å². The van der Waals surface area contributed by atoms with Gasteiger partial charge in [-0.1, -0.05) is 6.07 Å². The van der Waals surface area contributed by atoms with E-state index in [4.69, 9.17) is 9.47 Å². The Kier molecular flexibility index (Phi) is 3.96. The van der Waals surface area contributed by atoms with Gasteiger partial charge >= 0.3 is 0 Å². The average Bonchev–Trinajstić information content (AvgIpc) is 3.00. The summed E-state index contributed by atoms with van der Waals surface area (Å²) in [6, 6.07) is 8.17. The zero-order chi connectivity index (χ0) is 13.9. The van der Waals surface area contributed by atoms with Crippen LogP contribution in [0, 0.1) is 11.3 Å². The minimum atomic E-state index is -0.601. The lowest BCUT2D eigenvalue weighted by molar-refractivity contribution is 0.193. The van der Waals surface area contributed by atoms with Crippen LogP contribution in [-0.2, 0) is 5.54 Å². The SMILES string of the molecule is COc1ccc(C(C)(C#N)N2CCCC2)cc1OC. The second-order valence-electron chi connectivity index (χ2n) is 4.95. The summed E-state index contributed by atoms with van der Waals surface area (Å²) in [7, 11) is 3.22. The van der Waals surface area contributed by atoms with Gasteiger partial charge in [-0.15, -0.1) is 0 Å². The number of nitrogens with zero attached hydrogens (tertiary/aromatic N) is 2. The van der Waals surface area contributed by atoms with Crippen LogP contribution in [0.4, 0.5) is 0 Å². The van der Waals surface area contributed by atoms with E-state index in [1.807, 2.05) is 25.1 Å². The minimum Gasteiger partial charge on any atom is -0.493 e. The highest BCUT2D eigenvalue weighted by Gasteiger charge is 2.36. The number of methoxy groups -OCH3 is 2. The van der Waals surface area contributed by atoms with Gasteiger partial charge < -0.3 is 9.47 Å². The molecule has 0 aliphatic carbocycles. The maximum atomic E-state index is 9.63. The molecular formula is C15H20N2O2. The first-order chi connectivity index (χ1) is 9.15. The van der Waals surface area contributed by atoms with Crippen molar-refractivity contribution in [2.24, 2.45) is 0 Å². The third-order valence-corrected chi connectivity index (χ3v) is 3.90. The zero-order valence-corrected chi connectivity index (χ0v) is 11.8. The Morgan fingerprint density at radius 2 is 1.79 bits per heavy atom. The van der Waals surface area contributed by atoms with Crippen molar-refractivity contribution in [3.8, 4) is 17.6 Å². The normalized spacial score (nSPS) is 18.6. The van der Waals surface area contributed by atoms with Gasteiger partial charge in [0.15, 0.2) is 11.5 Å². The van der Waals surface area contributed by atoms with Crippen molar-refractivity contribution in [2.75, 3.05) is 27.3 Å². The molecule has 0 aromatic heterocycles. The molecule has 1 aromatic carbocycles. The number of likely N-dealkylation sites (tertiary alicyclic amines) is 1. The molecule has 4 heteroatoms. The van der Waals surface area contributed by atoms with Crippen molar-refractivity contribution in [2.45, 2.75) is 25.3 Å². The molecule has 4 nitrogen and oxygen atoms in total. The van der Waals surface area contributed by atoms with Crippen LogP contribution < -0.4 is 9.47 Å². The van der Waals surface area contributed by atoms with Crippen LogP contribution in [0.3, 0.4) is 0 Å². The Bertz CT molecular complexity index is 489. The number of ether oxygens (including phenoxy) is 2. The maximum Gasteiger partial charge on any atom is 0.161 e. The van der Waals surface area contributed by atoms with Gasteiger partial charge in [0.1, 0.15) is 5.54 Å². The van der Waals surface area contributed by atoms with Gasteiger partial charge in [0.05, 0.1) is 20.3 Å². The summed E-state index contributed by atoms with van der Waals surface area (Å²) in [6.07, 6.45) is 2.31. The van der Waals surface area contributed by atoms with E-state index in [0.29, 0.717) is 11.5 Å². The highest BCUT2D eigenvalue weighted by molar-refractivity contribution is 5.46. The van der Waals surface area contributed by atoms with Crippen LogP contribution in [0.15, 0.2) is 18.2 Å². The largest absolute Gasteiger partial charge is 0.493 e. The molecule has 1 unspecified atom stereocenters. The topological polar surface area (TPSA) is 45.5 Å². The molecule has 1 fully saturated rings.